The lowest BCUT2D eigenvalue weighted by molar-refractivity contribution is 0.572. The zero-order valence-electron chi connectivity index (χ0n) is 9.38. The van der Waals surface area contributed by atoms with Gasteiger partial charge in [-0.3, -0.25) is 0 Å². The topological polar surface area (TPSA) is 26.0 Å². The van der Waals surface area contributed by atoms with Gasteiger partial charge in [0.15, 0.2) is 0 Å². The third kappa shape index (κ3) is 5.28. The predicted octanol–water partition coefficient (Wildman–Crippen LogP) is 4.59. The standard InChI is InChI=1S/C12H17BrFN.ClH/c1-2-3-4-5-12(15)9-6-10(13)8-11(14)7-9;/h6-8,12H,2-5,15H2,1H3;1H/t12-;/m0./s1. The Bertz CT molecular complexity index is 300. The van der Waals surface area contributed by atoms with Gasteiger partial charge in [0.2, 0.25) is 0 Å². The Hall–Kier alpha value is -0.120. The fraction of sp³-hybridized carbons (Fsp3) is 0.500. The van der Waals surface area contributed by atoms with Crippen LogP contribution in [-0.4, -0.2) is 0 Å². The number of hydrogen-bond donors (Lipinski definition) is 1. The van der Waals surface area contributed by atoms with E-state index in [1.165, 1.54) is 25.0 Å². The molecule has 0 aliphatic rings. The Morgan fingerprint density at radius 3 is 2.56 bits per heavy atom. The van der Waals surface area contributed by atoms with Crippen molar-refractivity contribution in [1.29, 1.82) is 0 Å². The van der Waals surface area contributed by atoms with E-state index in [1.54, 1.807) is 0 Å². The van der Waals surface area contributed by atoms with Gasteiger partial charge in [-0.25, -0.2) is 4.39 Å². The van der Waals surface area contributed by atoms with E-state index in [2.05, 4.69) is 22.9 Å². The predicted molar refractivity (Wildman–Crippen MR) is 72.4 cm³/mol. The Morgan fingerprint density at radius 2 is 2.00 bits per heavy atom. The molecule has 0 aliphatic heterocycles. The molecule has 0 fully saturated rings. The molecule has 1 nitrogen and oxygen atoms in total. The second-order valence-corrected chi connectivity index (χ2v) is 4.72. The third-order valence-electron chi connectivity index (χ3n) is 2.43. The van der Waals surface area contributed by atoms with Gasteiger partial charge in [0.1, 0.15) is 5.82 Å². The summed E-state index contributed by atoms with van der Waals surface area (Å²) >= 11 is 3.27. The molecule has 0 aromatic heterocycles. The van der Waals surface area contributed by atoms with Gasteiger partial charge in [-0.2, -0.15) is 0 Å². The largest absolute Gasteiger partial charge is 0.324 e. The second kappa shape index (κ2) is 8.04. The molecule has 1 atom stereocenters. The normalized spacial score (nSPS) is 12.0. The summed E-state index contributed by atoms with van der Waals surface area (Å²) in [6, 6.07) is 4.80. The maximum atomic E-state index is 13.1. The molecular weight excluding hydrogens is 292 g/mol. The molecular formula is C12H18BrClFN. The van der Waals surface area contributed by atoms with Gasteiger partial charge >= 0.3 is 0 Å². The van der Waals surface area contributed by atoms with Gasteiger partial charge in [-0.1, -0.05) is 42.1 Å². The summed E-state index contributed by atoms with van der Waals surface area (Å²) in [5.74, 6) is -0.231. The van der Waals surface area contributed by atoms with E-state index in [0.29, 0.717) is 0 Å². The minimum Gasteiger partial charge on any atom is -0.324 e. The first-order valence-corrected chi connectivity index (χ1v) is 6.14. The van der Waals surface area contributed by atoms with Gasteiger partial charge < -0.3 is 5.73 Å². The van der Waals surface area contributed by atoms with E-state index < -0.39 is 0 Å². The molecule has 1 aromatic carbocycles. The fourth-order valence-corrected chi connectivity index (χ4v) is 2.05. The number of nitrogens with two attached hydrogens (primary N) is 1. The van der Waals surface area contributed by atoms with Crippen molar-refractivity contribution in [3.05, 3.63) is 34.1 Å². The van der Waals surface area contributed by atoms with Crippen LogP contribution in [0.5, 0.6) is 0 Å². The highest BCUT2D eigenvalue weighted by Gasteiger charge is 2.07. The quantitative estimate of drug-likeness (QED) is 0.791. The Morgan fingerprint density at radius 1 is 1.31 bits per heavy atom. The smallest absolute Gasteiger partial charge is 0.124 e. The Balaban J connectivity index is 0.00000225. The molecule has 0 unspecified atom stereocenters. The number of rotatable bonds is 5. The lowest BCUT2D eigenvalue weighted by atomic mass is 10.0. The van der Waals surface area contributed by atoms with Crippen molar-refractivity contribution in [2.45, 2.75) is 38.6 Å². The Kier molecular flexibility index (Phi) is 7.98. The number of hydrogen-bond acceptors (Lipinski definition) is 1. The van der Waals surface area contributed by atoms with Crippen molar-refractivity contribution < 1.29 is 4.39 Å². The van der Waals surface area contributed by atoms with E-state index in [-0.39, 0.29) is 24.3 Å². The summed E-state index contributed by atoms with van der Waals surface area (Å²) < 4.78 is 13.8. The molecule has 2 N–H and O–H groups in total. The molecule has 0 saturated heterocycles. The summed E-state index contributed by atoms with van der Waals surface area (Å²) in [5, 5.41) is 0. The minimum absolute atomic E-state index is 0. The highest BCUT2D eigenvalue weighted by molar-refractivity contribution is 9.10. The molecule has 0 radical (unpaired) electrons. The zero-order chi connectivity index (χ0) is 11.3. The van der Waals surface area contributed by atoms with Crippen LogP contribution < -0.4 is 5.73 Å². The molecule has 0 bridgehead atoms. The van der Waals surface area contributed by atoms with E-state index in [9.17, 15) is 4.39 Å². The van der Waals surface area contributed by atoms with Crippen LogP contribution in [-0.2, 0) is 0 Å². The molecule has 4 heteroatoms. The van der Waals surface area contributed by atoms with Crippen molar-refractivity contribution in [1.82, 2.24) is 0 Å². The maximum absolute atomic E-state index is 13.1. The number of benzene rings is 1. The van der Waals surface area contributed by atoms with Crippen LogP contribution in [0.4, 0.5) is 4.39 Å². The van der Waals surface area contributed by atoms with E-state index >= 15 is 0 Å². The van der Waals surface area contributed by atoms with Crippen LogP contribution in [0.2, 0.25) is 0 Å². The molecule has 0 amide bonds. The molecule has 0 saturated carbocycles. The zero-order valence-corrected chi connectivity index (χ0v) is 11.8. The fourth-order valence-electron chi connectivity index (χ4n) is 1.57. The van der Waals surface area contributed by atoms with Crippen LogP contribution in [0.25, 0.3) is 0 Å². The average Bonchev–Trinajstić information content (AvgIpc) is 2.16. The molecule has 1 aromatic rings. The number of halogens is 3. The first-order valence-electron chi connectivity index (χ1n) is 5.35. The van der Waals surface area contributed by atoms with Crippen LogP contribution in [0.15, 0.2) is 22.7 Å². The molecule has 16 heavy (non-hydrogen) atoms. The van der Waals surface area contributed by atoms with Gasteiger partial charge in [-0.05, 0) is 30.2 Å². The van der Waals surface area contributed by atoms with Gasteiger partial charge in [0.05, 0.1) is 0 Å². The van der Waals surface area contributed by atoms with Crippen LogP contribution in [0.1, 0.15) is 44.2 Å². The lowest BCUT2D eigenvalue weighted by Crippen LogP contribution is -2.10. The van der Waals surface area contributed by atoms with Crippen molar-refractivity contribution in [3.8, 4) is 0 Å². The summed E-state index contributed by atoms with van der Waals surface area (Å²) in [7, 11) is 0. The van der Waals surface area contributed by atoms with Crippen LogP contribution >= 0.6 is 28.3 Å². The van der Waals surface area contributed by atoms with E-state index in [1.807, 2.05) is 6.07 Å². The Labute approximate surface area is 111 Å². The monoisotopic (exact) mass is 309 g/mol. The first-order chi connectivity index (χ1) is 7.13. The molecule has 0 heterocycles. The summed E-state index contributed by atoms with van der Waals surface area (Å²) in [4.78, 5) is 0. The minimum atomic E-state index is -0.231. The first kappa shape index (κ1) is 15.9. The second-order valence-electron chi connectivity index (χ2n) is 3.81. The van der Waals surface area contributed by atoms with Crippen molar-refractivity contribution in [2.24, 2.45) is 5.73 Å². The molecule has 0 aliphatic carbocycles. The van der Waals surface area contributed by atoms with Gasteiger partial charge in [0.25, 0.3) is 0 Å². The molecule has 0 spiro atoms. The number of unbranched alkanes of at least 4 members (excludes halogenated alkanes) is 2. The SMILES string of the molecule is CCCCC[C@H](N)c1cc(F)cc(Br)c1.Cl. The van der Waals surface area contributed by atoms with Crippen LogP contribution in [0.3, 0.4) is 0 Å². The van der Waals surface area contributed by atoms with E-state index in [0.717, 1.165) is 22.9 Å². The van der Waals surface area contributed by atoms with Crippen molar-refractivity contribution in [2.75, 3.05) is 0 Å². The molecule has 92 valence electrons. The van der Waals surface area contributed by atoms with Gasteiger partial charge in [-0.15, -0.1) is 12.4 Å². The average molecular weight is 311 g/mol. The van der Waals surface area contributed by atoms with E-state index in [4.69, 9.17) is 5.73 Å². The molecule has 1 rings (SSSR count). The summed E-state index contributed by atoms with van der Waals surface area (Å²) in [6.45, 7) is 2.16. The maximum Gasteiger partial charge on any atom is 0.124 e. The van der Waals surface area contributed by atoms with Crippen LogP contribution in [0, 0.1) is 5.82 Å². The summed E-state index contributed by atoms with van der Waals surface area (Å²) in [6.07, 6.45) is 4.39. The van der Waals surface area contributed by atoms with Crippen molar-refractivity contribution >= 4 is 28.3 Å². The van der Waals surface area contributed by atoms with Gasteiger partial charge in [0, 0.05) is 10.5 Å². The highest BCUT2D eigenvalue weighted by atomic mass is 79.9. The highest BCUT2D eigenvalue weighted by Crippen LogP contribution is 2.22. The third-order valence-corrected chi connectivity index (χ3v) is 2.89. The summed E-state index contributed by atoms with van der Waals surface area (Å²) in [5.41, 5.74) is 6.86. The van der Waals surface area contributed by atoms with Crippen molar-refractivity contribution in [3.63, 3.8) is 0 Å². The lowest BCUT2D eigenvalue weighted by Gasteiger charge is -2.12.